The van der Waals surface area contributed by atoms with Gasteiger partial charge in [-0.15, -0.1) is 0 Å². The number of rotatable bonds is 3. The van der Waals surface area contributed by atoms with Crippen molar-refractivity contribution in [3.05, 3.63) is 24.3 Å². The van der Waals surface area contributed by atoms with E-state index in [0.29, 0.717) is 5.69 Å². The van der Waals surface area contributed by atoms with Crippen LogP contribution in [0.3, 0.4) is 0 Å². The third-order valence-electron chi connectivity index (χ3n) is 2.16. The third-order valence-corrected chi connectivity index (χ3v) is 2.16. The van der Waals surface area contributed by atoms with Crippen LogP contribution < -0.4 is 11.1 Å². The highest BCUT2D eigenvalue weighted by Crippen LogP contribution is 2.16. The summed E-state index contributed by atoms with van der Waals surface area (Å²) in [5, 5.41) is 12.9. The first-order valence-corrected chi connectivity index (χ1v) is 4.45. The Morgan fingerprint density at radius 1 is 1.29 bits per heavy atom. The average Bonchev–Trinajstić information content (AvgIpc) is 2.08. The second-order valence-corrected chi connectivity index (χ2v) is 3.66. The quantitative estimate of drug-likeness (QED) is 0.495. The number of nitrogens with two attached hydrogens (primary N) is 1. The summed E-state index contributed by atoms with van der Waals surface area (Å²) in [7, 11) is 3.59. The molecule has 0 amide bonds. The van der Waals surface area contributed by atoms with Crippen molar-refractivity contribution in [2.24, 2.45) is 0 Å². The molecule has 0 aromatic heterocycles. The Morgan fingerprint density at radius 3 is 2.21 bits per heavy atom. The Balaban J connectivity index is 2.74. The second-order valence-electron chi connectivity index (χ2n) is 3.66. The molecule has 0 aliphatic heterocycles. The fraction of sp³-hybridized carbons (Fsp3) is 0.400. The lowest BCUT2D eigenvalue weighted by atomic mass is 10.2. The van der Waals surface area contributed by atoms with Crippen LogP contribution in [0.25, 0.3) is 0 Å². The maximum absolute atomic E-state index is 9.90. The molecule has 0 aliphatic rings. The molecule has 4 N–H and O–H groups in total. The third kappa shape index (κ3) is 2.61. The first kappa shape index (κ1) is 10.8. The van der Waals surface area contributed by atoms with Gasteiger partial charge in [-0.2, -0.15) is 0 Å². The Kier molecular flexibility index (Phi) is 2.98. The van der Waals surface area contributed by atoms with Gasteiger partial charge in [0, 0.05) is 11.4 Å². The molecule has 14 heavy (non-hydrogen) atoms. The molecule has 0 spiro atoms. The van der Waals surface area contributed by atoms with E-state index in [1.165, 1.54) is 0 Å². The van der Waals surface area contributed by atoms with Crippen molar-refractivity contribution in [3.8, 4) is 0 Å². The van der Waals surface area contributed by atoms with Gasteiger partial charge in [0.1, 0.15) is 0 Å². The predicted molar refractivity (Wildman–Crippen MR) is 58.8 cm³/mol. The molecule has 0 bridgehead atoms. The maximum atomic E-state index is 9.90. The van der Waals surface area contributed by atoms with Crippen LogP contribution in [0.15, 0.2) is 24.3 Å². The topological polar surface area (TPSA) is 61.5 Å². The fourth-order valence-electron chi connectivity index (χ4n) is 0.952. The van der Waals surface area contributed by atoms with Crippen LogP contribution in [0.5, 0.6) is 0 Å². The van der Waals surface area contributed by atoms with E-state index in [-0.39, 0.29) is 0 Å². The van der Waals surface area contributed by atoms with Crippen LogP contribution in [-0.4, -0.2) is 30.0 Å². The highest BCUT2D eigenvalue weighted by atomic mass is 16.3. The molecule has 4 heteroatoms. The Bertz CT molecular complexity index is 293. The monoisotopic (exact) mass is 195 g/mol. The van der Waals surface area contributed by atoms with E-state index in [0.717, 1.165) is 5.69 Å². The molecule has 1 rings (SSSR count). The van der Waals surface area contributed by atoms with Gasteiger partial charge >= 0.3 is 0 Å². The van der Waals surface area contributed by atoms with E-state index in [9.17, 15) is 5.11 Å². The lowest BCUT2D eigenvalue weighted by Crippen LogP contribution is -2.48. The Hall–Kier alpha value is -1.26. The van der Waals surface area contributed by atoms with Crippen molar-refractivity contribution in [2.75, 3.05) is 25.1 Å². The van der Waals surface area contributed by atoms with E-state index in [2.05, 4.69) is 5.32 Å². The lowest BCUT2D eigenvalue weighted by molar-refractivity contribution is -0.0391. The maximum Gasteiger partial charge on any atom is 0.191 e. The normalized spacial score (nSPS) is 15.2. The molecule has 0 aliphatic carbocycles. The number of nitrogen functional groups attached to an aromatic ring is 1. The number of hydrogen-bond donors (Lipinski definition) is 3. The summed E-state index contributed by atoms with van der Waals surface area (Å²) in [5.74, 6) is -1.06. The molecule has 4 nitrogen and oxygen atoms in total. The molecule has 78 valence electrons. The molecule has 0 saturated carbocycles. The number of aliphatic hydroxyl groups is 1. The largest absolute Gasteiger partial charge is 0.399 e. The molecular weight excluding hydrogens is 178 g/mol. The Morgan fingerprint density at radius 2 is 1.79 bits per heavy atom. The number of anilines is 2. The summed E-state index contributed by atoms with van der Waals surface area (Å²) >= 11 is 0. The molecule has 1 aromatic carbocycles. The fourth-order valence-corrected chi connectivity index (χ4v) is 0.952. The zero-order valence-corrected chi connectivity index (χ0v) is 8.78. The highest BCUT2D eigenvalue weighted by molar-refractivity contribution is 5.51. The van der Waals surface area contributed by atoms with E-state index in [4.69, 9.17) is 5.73 Å². The number of hydrogen-bond acceptors (Lipinski definition) is 4. The van der Waals surface area contributed by atoms with Crippen LogP contribution in [0.1, 0.15) is 6.92 Å². The minimum atomic E-state index is -1.06. The van der Waals surface area contributed by atoms with Crippen molar-refractivity contribution < 1.29 is 5.11 Å². The minimum Gasteiger partial charge on any atom is -0.399 e. The molecule has 1 aromatic rings. The van der Waals surface area contributed by atoms with Gasteiger partial charge in [-0.3, -0.25) is 4.90 Å². The summed E-state index contributed by atoms with van der Waals surface area (Å²) in [6, 6.07) is 7.22. The van der Waals surface area contributed by atoms with Crippen LogP contribution in [0.2, 0.25) is 0 Å². The molecular formula is C10H17N3O. The molecule has 0 unspecified atom stereocenters. The van der Waals surface area contributed by atoms with Crippen LogP contribution in [-0.2, 0) is 0 Å². The minimum absolute atomic E-state index is 0.708. The van der Waals surface area contributed by atoms with Gasteiger partial charge in [-0.25, -0.2) is 0 Å². The van der Waals surface area contributed by atoms with E-state index < -0.39 is 5.85 Å². The summed E-state index contributed by atoms with van der Waals surface area (Å²) in [6.45, 7) is 1.68. The van der Waals surface area contributed by atoms with Gasteiger partial charge in [-0.1, -0.05) is 0 Å². The molecule has 0 radical (unpaired) electrons. The van der Waals surface area contributed by atoms with Crippen LogP contribution in [0, 0.1) is 0 Å². The lowest BCUT2D eigenvalue weighted by Gasteiger charge is -2.32. The zero-order chi connectivity index (χ0) is 10.8. The summed E-state index contributed by atoms with van der Waals surface area (Å²) < 4.78 is 0. The van der Waals surface area contributed by atoms with Crippen LogP contribution in [0.4, 0.5) is 11.4 Å². The van der Waals surface area contributed by atoms with Gasteiger partial charge in [0.15, 0.2) is 5.85 Å². The molecule has 0 heterocycles. The van der Waals surface area contributed by atoms with Crippen molar-refractivity contribution in [1.82, 2.24) is 4.90 Å². The van der Waals surface area contributed by atoms with Crippen molar-refractivity contribution >= 4 is 11.4 Å². The van der Waals surface area contributed by atoms with Crippen molar-refractivity contribution in [1.29, 1.82) is 0 Å². The van der Waals surface area contributed by atoms with Gasteiger partial charge in [-0.05, 0) is 45.3 Å². The van der Waals surface area contributed by atoms with Gasteiger partial charge in [0.05, 0.1) is 0 Å². The second kappa shape index (κ2) is 3.86. The molecule has 0 fully saturated rings. The number of nitrogens with zero attached hydrogens (tertiary/aromatic N) is 1. The van der Waals surface area contributed by atoms with E-state index in [1.54, 1.807) is 38.1 Å². The van der Waals surface area contributed by atoms with E-state index >= 15 is 0 Å². The predicted octanol–water partition coefficient (Wildman–Crippen LogP) is 0.908. The Labute approximate surface area is 84.3 Å². The summed E-state index contributed by atoms with van der Waals surface area (Å²) in [6.07, 6.45) is 0. The van der Waals surface area contributed by atoms with Crippen molar-refractivity contribution in [2.45, 2.75) is 12.8 Å². The smallest absolute Gasteiger partial charge is 0.191 e. The molecule has 0 saturated heterocycles. The first-order valence-electron chi connectivity index (χ1n) is 4.45. The highest BCUT2D eigenvalue weighted by Gasteiger charge is 2.21. The summed E-state index contributed by atoms with van der Waals surface area (Å²) in [4.78, 5) is 1.68. The number of nitrogens with one attached hydrogen (secondary N) is 1. The van der Waals surface area contributed by atoms with Gasteiger partial charge < -0.3 is 16.2 Å². The average molecular weight is 195 g/mol. The van der Waals surface area contributed by atoms with Gasteiger partial charge in [0.25, 0.3) is 0 Å². The van der Waals surface area contributed by atoms with E-state index in [1.807, 2.05) is 12.1 Å². The molecule has 1 atom stereocenters. The zero-order valence-electron chi connectivity index (χ0n) is 8.78. The van der Waals surface area contributed by atoms with Gasteiger partial charge in [0.2, 0.25) is 0 Å². The number of benzene rings is 1. The standard InChI is InChI=1S/C10H17N3O/c1-10(14,13(2)3)12-9-6-4-8(11)5-7-9/h4-7,12,14H,11H2,1-3H3/t10-/m0/s1. The van der Waals surface area contributed by atoms with Crippen molar-refractivity contribution in [3.63, 3.8) is 0 Å². The SMILES string of the molecule is CN(C)[C@@](C)(O)Nc1ccc(N)cc1. The summed E-state index contributed by atoms with van der Waals surface area (Å²) in [5.41, 5.74) is 7.09. The first-order chi connectivity index (χ1) is 6.42. The van der Waals surface area contributed by atoms with Crippen LogP contribution >= 0.6 is 0 Å².